The fraction of sp³-hybridized carbons (Fsp3) is 0.160. The van der Waals surface area contributed by atoms with Crippen LogP contribution in [0.4, 0.5) is 17.6 Å². The van der Waals surface area contributed by atoms with E-state index in [1.807, 2.05) is 0 Å². The predicted octanol–water partition coefficient (Wildman–Crippen LogP) is 3.95. The van der Waals surface area contributed by atoms with Crippen molar-refractivity contribution in [2.45, 2.75) is 17.6 Å². The molecule has 0 radical (unpaired) electrons. The Bertz CT molecular complexity index is 1470. The summed E-state index contributed by atoms with van der Waals surface area (Å²) < 4.78 is 78.0. The summed E-state index contributed by atoms with van der Waals surface area (Å²) in [5.74, 6) is -3.92. The molecule has 0 unspecified atom stereocenters. The Hall–Kier alpha value is -4.06. The van der Waals surface area contributed by atoms with Crippen LogP contribution in [0.15, 0.2) is 71.6 Å². The van der Waals surface area contributed by atoms with E-state index in [0.717, 1.165) is 24.5 Å². The summed E-state index contributed by atoms with van der Waals surface area (Å²) in [5.41, 5.74) is 5.88. The topological polar surface area (TPSA) is 121 Å². The number of ketones is 1. The van der Waals surface area contributed by atoms with Gasteiger partial charge >= 0.3 is 6.18 Å². The lowest BCUT2D eigenvalue weighted by Gasteiger charge is -2.23. The molecule has 0 aromatic heterocycles. The van der Waals surface area contributed by atoms with Crippen LogP contribution in [0.1, 0.15) is 21.5 Å². The van der Waals surface area contributed by atoms with E-state index in [0.29, 0.717) is 4.90 Å². The van der Waals surface area contributed by atoms with Crippen LogP contribution < -0.4 is 5.73 Å². The molecule has 0 saturated heterocycles. The molecule has 0 aliphatic carbocycles. The molecule has 7 nitrogen and oxygen atoms in total. The fourth-order valence-electron chi connectivity index (χ4n) is 3.65. The van der Waals surface area contributed by atoms with E-state index in [9.17, 15) is 35.6 Å². The maximum absolute atomic E-state index is 14.2. The van der Waals surface area contributed by atoms with Crippen LogP contribution in [0.25, 0.3) is 11.1 Å². The van der Waals surface area contributed by atoms with Crippen molar-refractivity contribution >= 4 is 27.4 Å². The number of halogens is 4. The molecule has 0 spiro atoms. The van der Waals surface area contributed by atoms with Gasteiger partial charge in [-0.3, -0.25) is 15.0 Å². The zero-order valence-corrected chi connectivity index (χ0v) is 20.2. The molecule has 3 rings (SSSR count). The minimum absolute atomic E-state index is 0.0249. The fourth-order valence-corrected chi connectivity index (χ4v) is 4.66. The molecule has 194 valence electrons. The molecular weight excluding hydrogens is 514 g/mol. The van der Waals surface area contributed by atoms with Gasteiger partial charge in [-0.1, -0.05) is 54.6 Å². The highest BCUT2D eigenvalue weighted by Crippen LogP contribution is 2.30. The number of nitrogen functional groups attached to an aromatic ring is 1. The average molecular weight is 536 g/mol. The first-order chi connectivity index (χ1) is 17.2. The predicted molar refractivity (Wildman–Crippen MR) is 128 cm³/mol. The van der Waals surface area contributed by atoms with E-state index in [4.69, 9.17) is 11.1 Å². The van der Waals surface area contributed by atoms with E-state index in [1.54, 1.807) is 0 Å². The highest BCUT2D eigenvalue weighted by atomic mass is 32.2. The van der Waals surface area contributed by atoms with Gasteiger partial charge < -0.3 is 10.6 Å². The minimum atomic E-state index is -4.79. The third kappa shape index (κ3) is 6.79. The number of nitrogens with zero attached hydrogens (tertiary/aromatic N) is 1. The summed E-state index contributed by atoms with van der Waals surface area (Å²) in [4.78, 5) is 25.4. The standard InChI is InChI=1S/C25H21F4N3O4S/c1-37(35,36)22-19(6-3-7-20(22)26)16-8-10-17(11-9-16)21(33)24(34)32(14-25(27,28)29)13-15-4-2-5-18(12-15)23(30)31/h2-12H,13-14H2,1H3,(H3,30,31). The molecule has 3 N–H and O–H groups in total. The van der Waals surface area contributed by atoms with Crippen LogP contribution in [0.5, 0.6) is 0 Å². The van der Waals surface area contributed by atoms with Crippen LogP contribution in [-0.4, -0.2) is 49.8 Å². The summed E-state index contributed by atoms with van der Waals surface area (Å²) in [5, 5.41) is 7.47. The Morgan fingerprint density at radius 3 is 2.16 bits per heavy atom. The first-order valence-electron chi connectivity index (χ1n) is 10.6. The molecule has 0 aliphatic heterocycles. The Morgan fingerprint density at radius 2 is 1.59 bits per heavy atom. The number of sulfone groups is 1. The van der Waals surface area contributed by atoms with Crippen LogP contribution in [-0.2, 0) is 21.2 Å². The monoisotopic (exact) mass is 535 g/mol. The second kappa shape index (κ2) is 10.5. The normalized spacial score (nSPS) is 11.7. The highest BCUT2D eigenvalue weighted by Gasteiger charge is 2.35. The molecular formula is C25H21F4N3O4S. The van der Waals surface area contributed by atoms with Crippen molar-refractivity contribution in [1.82, 2.24) is 4.90 Å². The van der Waals surface area contributed by atoms with Crippen molar-refractivity contribution in [1.29, 1.82) is 5.41 Å². The number of nitrogens with one attached hydrogen (secondary N) is 1. The van der Waals surface area contributed by atoms with Crippen LogP contribution >= 0.6 is 0 Å². The summed E-state index contributed by atoms with van der Waals surface area (Å²) in [6, 6.07) is 14.2. The molecule has 12 heteroatoms. The third-order valence-electron chi connectivity index (χ3n) is 5.26. The maximum atomic E-state index is 14.2. The van der Waals surface area contributed by atoms with Gasteiger partial charge in [-0.25, -0.2) is 12.8 Å². The number of carbonyl (C=O) groups is 2. The molecule has 3 aromatic carbocycles. The first kappa shape index (κ1) is 27.5. The number of amides is 1. The lowest BCUT2D eigenvalue weighted by Crippen LogP contribution is -2.42. The summed E-state index contributed by atoms with van der Waals surface area (Å²) in [6.45, 7) is -2.26. The number of hydrogen-bond acceptors (Lipinski definition) is 5. The molecule has 0 fully saturated rings. The average Bonchev–Trinajstić information content (AvgIpc) is 2.81. The first-order valence-corrected chi connectivity index (χ1v) is 12.5. The summed E-state index contributed by atoms with van der Waals surface area (Å²) >= 11 is 0. The van der Waals surface area contributed by atoms with Gasteiger partial charge in [0.05, 0.1) is 0 Å². The van der Waals surface area contributed by atoms with Crippen LogP contribution in [0, 0.1) is 11.2 Å². The smallest absolute Gasteiger partial charge is 0.384 e. The van der Waals surface area contributed by atoms with E-state index in [2.05, 4.69) is 0 Å². The van der Waals surface area contributed by atoms with E-state index < -0.39 is 51.5 Å². The van der Waals surface area contributed by atoms with Gasteiger partial charge in [0.15, 0.2) is 9.84 Å². The molecule has 0 heterocycles. The zero-order chi connectivity index (χ0) is 27.5. The molecule has 0 atom stereocenters. The SMILES string of the molecule is CS(=O)(=O)c1c(F)cccc1-c1ccc(C(=O)C(=O)N(Cc2cccc(C(=N)N)c2)CC(F)(F)F)cc1. The third-order valence-corrected chi connectivity index (χ3v) is 6.42. The number of alkyl halides is 3. The Kier molecular flexibility index (Phi) is 7.82. The number of Topliss-reactive ketones (excluding diaryl/α,β-unsaturated/α-hetero) is 1. The second-order valence-electron chi connectivity index (χ2n) is 8.19. The highest BCUT2D eigenvalue weighted by molar-refractivity contribution is 7.90. The second-order valence-corrected chi connectivity index (χ2v) is 10.1. The molecule has 1 amide bonds. The Balaban J connectivity index is 1.91. The quantitative estimate of drug-likeness (QED) is 0.149. The summed E-state index contributed by atoms with van der Waals surface area (Å²) in [6.07, 6.45) is -3.95. The largest absolute Gasteiger partial charge is 0.406 e. The van der Waals surface area contributed by atoms with E-state index in [1.165, 1.54) is 48.5 Å². The van der Waals surface area contributed by atoms with Gasteiger partial charge in [-0.15, -0.1) is 0 Å². The van der Waals surface area contributed by atoms with Gasteiger partial charge in [0, 0.05) is 29.5 Å². The Morgan fingerprint density at radius 1 is 0.973 bits per heavy atom. The lowest BCUT2D eigenvalue weighted by molar-refractivity contribution is -0.159. The van der Waals surface area contributed by atoms with E-state index >= 15 is 0 Å². The molecule has 0 aliphatic rings. The Labute approximate surface area is 209 Å². The summed E-state index contributed by atoms with van der Waals surface area (Å²) in [7, 11) is -3.95. The molecule has 3 aromatic rings. The van der Waals surface area contributed by atoms with Gasteiger partial charge in [0.25, 0.3) is 5.91 Å². The molecule has 0 bridgehead atoms. The number of amidine groups is 1. The number of hydrogen-bond donors (Lipinski definition) is 2. The van der Waals surface area contributed by atoms with Gasteiger partial charge in [-0.2, -0.15) is 13.2 Å². The molecule has 37 heavy (non-hydrogen) atoms. The van der Waals surface area contributed by atoms with Crippen molar-refractivity contribution in [3.63, 3.8) is 0 Å². The van der Waals surface area contributed by atoms with Gasteiger partial charge in [0.1, 0.15) is 23.1 Å². The van der Waals surface area contributed by atoms with Crippen LogP contribution in [0.3, 0.4) is 0 Å². The number of benzene rings is 3. The lowest BCUT2D eigenvalue weighted by atomic mass is 10.0. The zero-order valence-electron chi connectivity index (χ0n) is 19.3. The van der Waals surface area contributed by atoms with E-state index in [-0.39, 0.29) is 33.7 Å². The number of nitrogens with two attached hydrogens (primary N) is 1. The van der Waals surface area contributed by atoms with Crippen molar-refractivity contribution in [3.8, 4) is 11.1 Å². The van der Waals surface area contributed by atoms with Gasteiger partial charge in [-0.05, 0) is 23.3 Å². The maximum Gasteiger partial charge on any atom is 0.406 e. The van der Waals surface area contributed by atoms with Crippen LogP contribution in [0.2, 0.25) is 0 Å². The van der Waals surface area contributed by atoms with Crippen molar-refractivity contribution in [2.75, 3.05) is 12.8 Å². The van der Waals surface area contributed by atoms with Crippen molar-refractivity contribution in [2.24, 2.45) is 5.73 Å². The molecule has 0 saturated carbocycles. The van der Waals surface area contributed by atoms with Crippen molar-refractivity contribution < 1.29 is 35.6 Å². The number of carbonyl (C=O) groups excluding carboxylic acids is 2. The number of rotatable bonds is 8. The van der Waals surface area contributed by atoms with Crippen molar-refractivity contribution in [3.05, 3.63) is 89.2 Å². The van der Waals surface area contributed by atoms with Gasteiger partial charge in [0.2, 0.25) is 5.78 Å². The minimum Gasteiger partial charge on any atom is -0.384 e.